The van der Waals surface area contributed by atoms with Crippen molar-refractivity contribution in [2.45, 2.75) is 55.3 Å². The minimum Gasteiger partial charge on any atom is -0.507 e. The fourth-order valence-electron chi connectivity index (χ4n) is 5.32. The molecule has 3 aromatic carbocycles. The highest BCUT2D eigenvalue weighted by molar-refractivity contribution is 8.00. The molecule has 3 heterocycles. The number of anilines is 1. The lowest BCUT2D eigenvalue weighted by Crippen LogP contribution is -2.29. The second-order valence-corrected chi connectivity index (χ2v) is 13.8. The van der Waals surface area contributed by atoms with Crippen LogP contribution in [0.4, 0.5) is 5.13 Å². The van der Waals surface area contributed by atoms with Crippen LogP contribution in [0.3, 0.4) is 0 Å². The van der Waals surface area contributed by atoms with Crippen molar-refractivity contribution in [2.24, 2.45) is 0 Å². The molecule has 0 unspecified atom stereocenters. The Kier molecular flexibility index (Phi) is 9.37. The molecule has 0 aliphatic carbocycles. The van der Waals surface area contributed by atoms with Gasteiger partial charge in [-0.25, -0.2) is 0 Å². The summed E-state index contributed by atoms with van der Waals surface area (Å²) in [5.41, 5.74) is 2.79. The molecular formula is C33H29Cl2N3O5S2. The summed E-state index contributed by atoms with van der Waals surface area (Å²) in [7, 11) is 0. The fraction of sp³-hybridized carbons (Fsp3) is 0.273. The Balaban J connectivity index is 1.38. The van der Waals surface area contributed by atoms with Crippen LogP contribution in [0.15, 0.2) is 70.6 Å². The number of rotatable bonds is 10. The summed E-state index contributed by atoms with van der Waals surface area (Å²) in [5, 5.41) is 21.6. The van der Waals surface area contributed by atoms with Crippen LogP contribution in [0.2, 0.25) is 10.0 Å². The summed E-state index contributed by atoms with van der Waals surface area (Å²) in [6.07, 6.45) is 2.55. The molecule has 232 valence electrons. The first-order valence-electron chi connectivity index (χ1n) is 14.5. The summed E-state index contributed by atoms with van der Waals surface area (Å²) >= 11 is 15.0. The highest BCUT2D eigenvalue weighted by Crippen LogP contribution is 2.45. The van der Waals surface area contributed by atoms with Crippen molar-refractivity contribution in [1.82, 2.24) is 10.2 Å². The molecule has 1 saturated heterocycles. The number of benzene rings is 3. The summed E-state index contributed by atoms with van der Waals surface area (Å²) in [6, 6.07) is 16.9. The van der Waals surface area contributed by atoms with Gasteiger partial charge in [-0.15, -0.1) is 10.2 Å². The molecule has 6 rings (SSSR count). The summed E-state index contributed by atoms with van der Waals surface area (Å²) < 4.78 is 12.3. The summed E-state index contributed by atoms with van der Waals surface area (Å²) in [4.78, 5) is 28.7. The van der Waals surface area contributed by atoms with Gasteiger partial charge in [-0.2, -0.15) is 0 Å². The van der Waals surface area contributed by atoms with Crippen LogP contribution < -0.4 is 14.4 Å². The second-order valence-electron chi connectivity index (χ2n) is 10.8. The minimum atomic E-state index is -0.959. The molecule has 0 bridgehead atoms. The molecule has 1 amide bonds. The van der Waals surface area contributed by atoms with Gasteiger partial charge in [0.05, 0.1) is 18.2 Å². The predicted molar refractivity (Wildman–Crippen MR) is 178 cm³/mol. The first-order chi connectivity index (χ1) is 21.7. The van der Waals surface area contributed by atoms with Gasteiger partial charge >= 0.3 is 5.91 Å². The monoisotopic (exact) mass is 681 g/mol. The van der Waals surface area contributed by atoms with Crippen LogP contribution in [0.1, 0.15) is 55.0 Å². The highest BCUT2D eigenvalue weighted by Gasteiger charge is 2.48. The van der Waals surface area contributed by atoms with Gasteiger partial charge < -0.3 is 14.6 Å². The van der Waals surface area contributed by atoms with E-state index in [1.54, 1.807) is 36.4 Å². The number of halogens is 2. The van der Waals surface area contributed by atoms with Crippen molar-refractivity contribution in [2.75, 3.05) is 11.5 Å². The lowest BCUT2D eigenvalue weighted by molar-refractivity contribution is -0.132. The maximum absolute atomic E-state index is 13.7. The van der Waals surface area contributed by atoms with Crippen LogP contribution >= 0.6 is 46.3 Å². The maximum atomic E-state index is 13.7. The molecule has 2 aliphatic heterocycles. The largest absolute Gasteiger partial charge is 0.507 e. The molecule has 1 N–H and O–H groups in total. The molecule has 0 radical (unpaired) electrons. The van der Waals surface area contributed by atoms with Gasteiger partial charge in [-0.05, 0) is 72.5 Å². The molecule has 12 heteroatoms. The number of aliphatic hydroxyl groups is 1. The van der Waals surface area contributed by atoms with Crippen molar-refractivity contribution in [3.8, 4) is 11.5 Å². The van der Waals surface area contributed by atoms with Crippen LogP contribution in [0, 0.1) is 0 Å². The first kappa shape index (κ1) is 31.4. The zero-order chi connectivity index (χ0) is 31.7. The number of hydrogen-bond acceptors (Lipinski definition) is 9. The summed E-state index contributed by atoms with van der Waals surface area (Å²) in [6.45, 7) is 4.58. The number of ether oxygens (including phenoxy) is 2. The number of Topliss-reactive ketones (excluding diaryl/α,β-unsaturated/α-hetero) is 1. The number of hydrogen-bond donors (Lipinski definition) is 1. The van der Waals surface area contributed by atoms with Gasteiger partial charge in [0.25, 0.3) is 5.78 Å². The number of aliphatic hydroxyl groups excluding tert-OH is 1. The number of fused-ring (bicyclic) bond motifs is 1. The smallest absolute Gasteiger partial charge is 0.301 e. The zero-order valence-corrected chi connectivity index (χ0v) is 27.6. The fourth-order valence-corrected chi connectivity index (χ4v) is 7.74. The number of carbonyl (C=O) groups excluding carboxylic acids is 2. The van der Waals surface area contributed by atoms with Crippen molar-refractivity contribution in [3.05, 3.63) is 98.5 Å². The Labute approximate surface area is 279 Å². The lowest BCUT2D eigenvalue weighted by Gasteiger charge is -2.23. The van der Waals surface area contributed by atoms with Crippen LogP contribution in [0.25, 0.3) is 5.76 Å². The molecule has 1 fully saturated rings. The Morgan fingerprint density at radius 1 is 1.13 bits per heavy atom. The highest BCUT2D eigenvalue weighted by atomic mass is 35.5. The normalized spacial score (nSPS) is 18.7. The van der Waals surface area contributed by atoms with E-state index < -0.39 is 17.7 Å². The average molecular weight is 683 g/mol. The van der Waals surface area contributed by atoms with E-state index in [2.05, 4.69) is 17.1 Å². The predicted octanol–water partition coefficient (Wildman–Crippen LogP) is 8.27. The van der Waals surface area contributed by atoms with Crippen molar-refractivity contribution in [3.63, 3.8) is 0 Å². The van der Waals surface area contributed by atoms with Crippen molar-refractivity contribution >= 4 is 68.9 Å². The lowest BCUT2D eigenvalue weighted by atomic mass is 9.94. The van der Waals surface area contributed by atoms with Crippen molar-refractivity contribution in [1.29, 1.82) is 0 Å². The van der Waals surface area contributed by atoms with Gasteiger partial charge in [0.2, 0.25) is 5.13 Å². The molecule has 0 saturated carbocycles. The van der Waals surface area contributed by atoms with E-state index in [9.17, 15) is 14.7 Å². The van der Waals surface area contributed by atoms with Crippen LogP contribution in [-0.4, -0.2) is 39.7 Å². The zero-order valence-electron chi connectivity index (χ0n) is 24.5. The Morgan fingerprint density at radius 2 is 1.98 bits per heavy atom. The minimum absolute atomic E-state index is 0.0126. The number of aromatic nitrogens is 2. The third kappa shape index (κ3) is 6.56. The molecule has 4 aromatic rings. The number of unbranched alkanes of at least 4 members (excludes halogenated alkanes) is 1. The molecule has 1 aromatic heterocycles. The van der Waals surface area contributed by atoms with Gasteiger partial charge in [-0.3, -0.25) is 14.5 Å². The van der Waals surface area contributed by atoms with Gasteiger partial charge in [-0.1, -0.05) is 77.8 Å². The molecule has 45 heavy (non-hydrogen) atoms. The van der Waals surface area contributed by atoms with Crippen LogP contribution in [-0.2, 0) is 21.8 Å². The van der Waals surface area contributed by atoms with E-state index in [0.717, 1.165) is 29.7 Å². The van der Waals surface area contributed by atoms with Gasteiger partial charge in [0.1, 0.15) is 23.4 Å². The topological polar surface area (TPSA) is 102 Å². The third-order valence-electron chi connectivity index (χ3n) is 7.52. The third-order valence-corrected chi connectivity index (χ3v) is 10.2. The molecule has 2 aliphatic rings. The maximum Gasteiger partial charge on any atom is 0.301 e. The average Bonchev–Trinajstić information content (AvgIpc) is 3.71. The Bertz CT molecular complexity index is 1810. The second kappa shape index (κ2) is 13.4. The summed E-state index contributed by atoms with van der Waals surface area (Å²) in [5.74, 6) is -0.0278. The standard InChI is InChI=1S/C33H29Cl2N3O5S2/c1-3-4-12-42-24-7-5-6-19(15-24)28-27(29(39)20-9-11-26-22(14-20)13-18(2)43-26)30(40)31(41)38(28)32-36-37-33(45-32)44-17-21-8-10-23(34)16-25(21)35/h5-11,14-16,18,28,39H,3-4,12-13,17H2,1-2H3/b29-27+/t18-,28-/m1/s1. The first-order valence-corrected chi connectivity index (χ1v) is 17.0. The van der Waals surface area contributed by atoms with E-state index in [1.165, 1.54) is 28.0 Å². The van der Waals surface area contributed by atoms with E-state index in [4.69, 9.17) is 32.7 Å². The van der Waals surface area contributed by atoms with Crippen molar-refractivity contribution < 1.29 is 24.2 Å². The van der Waals surface area contributed by atoms with E-state index >= 15 is 0 Å². The number of carbonyl (C=O) groups is 2. The number of nitrogens with zero attached hydrogens (tertiary/aromatic N) is 3. The van der Waals surface area contributed by atoms with Gasteiger partial charge in [0.15, 0.2) is 4.34 Å². The Hall–Kier alpha value is -3.57. The van der Waals surface area contributed by atoms with Gasteiger partial charge in [0, 0.05) is 27.8 Å². The molecule has 2 atom stereocenters. The number of ketones is 1. The van der Waals surface area contributed by atoms with Crippen LogP contribution in [0.5, 0.6) is 11.5 Å². The molecular weight excluding hydrogens is 653 g/mol. The number of thioether (sulfide) groups is 1. The Morgan fingerprint density at radius 3 is 2.78 bits per heavy atom. The van der Waals surface area contributed by atoms with E-state index in [1.807, 2.05) is 31.2 Å². The van der Waals surface area contributed by atoms with E-state index in [0.29, 0.717) is 50.0 Å². The van der Waals surface area contributed by atoms with E-state index in [-0.39, 0.29) is 22.6 Å². The quantitative estimate of drug-likeness (QED) is 0.0446. The molecule has 0 spiro atoms. The number of amides is 1. The molecule has 8 nitrogen and oxygen atoms in total. The SMILES string of the molecule is CCCCOc1cccc([C@@H]2/C(=C(\O)c3ccc4c(c3)C[C@@H](C)O4)C(=O)C(=O)N2c2nnc(SCc3ccc(Cl)cc3Cl)s2)c1.